The van der Waals surface area contributed by atoms with Crippen LogP contribution < -0.4 is 5.32 Å². The van der Waals surface area contributed by atoms with E-state index in [2.05, 4.69) is 40.3 Å². The van der Waals surface area contributed by atoms with Crippen LogP contribution in [0.2, 0.25) is 0 Å². The van der Waals surface area contributed by atoms with Crippen molar-refractivity contribution in [2.75, 3.05) is 7.05 Å². The van der Waals surface area contributed by atoms with Gasteiger partial charge in [-0.25, -0.2) is 0 Å². The van der Waals surface area contributed by atoms with Gasteiger partial charge in [-0.1, -0.05) is 0 Å². The number of thiophene rings is 1. The van der Waals surface area contributed by atoms with Gasteiger partial charge in [0.2, 0.25) is 0 Å². The van der Waals surface area contributed by atoms with E-state index in [9.17, 15) is 0 Å². The summed E-state index contributed by atoms with van der Waals surface area (Å²) in [6.45, 7) is 4.08. The minimum Gasteiger partial charge on any atom is -0.469 e. The smallest absolute Gasteiger partial charge is 0.101 e. The standard InChI is InChI=1S/C12H14BrNOS/c1-7-4-9(6-15-7)11(14-3)12-10(13)5-8(2)16-12/h4-6,11,14H,1-3H3. The summed E-state index contributed by atoms with van der Waals surface area (Å²) in [6.07, 6.45) is 1.82. The fraction of sp³-hybridized carbons (Fsp3) is 0.333. The van der Waals surface area contributed by atoms with Crippen molar-refractivity contribution in [1.29, 1.82) is 0 Å². The SMILES string of the molecule is CNC(c1coc(C)c1)c1sc(C)cc1Br. The Labute approximate surface area is 108 Å². The van der Waals surface area contributed by atoms with E-state index >= 15 is 0 Å². The molecule has 0 aliphatic carbocycles. The Hall–Kier alpha value is -0.580. The van der Waals surface area contributed by atoms with E-state index in [1.807, 2.05) is 20.2 Å². The third kappa shape index (κ3) is 2.24. The molecule has 2 aromatic heterocycles. The molecule has 1 atom stereocenters. The molecule has 0 aromatic carbocycles. The molecule has 2 heterocycles. The highest BCUT2D eigenvalue weighted by molar-refractivity contribution is 9.10. The Morgan fingerprint density at radius 2 is 2.12 bits per heavy atom. The monoisotopic (exact) mass is 299 g/mol. The molecule has 0 aliphatic heterocycles. The van der Waals surface area contributed by atoms with E-state index in [0.29, 0.717) is 0 Å². The van der Waals surface area contributed by atoms with Gasteiger partial charge in [-0.15, -0.1) is 11.3 Å². The quantitative estimate of drug-likeness (QED) is 0.926. The van der Waals surface area contributed by atoms with Crippen LogP contribution in [0.3, 0.4) is 0 Å². The van der Waals surface area contributed by atoms with Crippen LogP contribution in [-0.2, 0) is 0 Å². The normalized spacial score (nSPS) is 13.0. The summed E-state index contributed by atoms with van der Waals surface area (Å²) in [4.78, 5) is 2.60. The molecule has 0 saturated heterocycles. The van der Waals surface area contributed by atoms with Gasteiger partial charge in [0.1, 0.15) is 5.76 Å². The number of nitrogens with one attached hydrogen (secondary N) is 1. The highest BCUT2D eigenvalue weighted by Crippen LogP contribution is 2.35. The second kappa shape index (κ2) is 4.73. The molecule has 0 aliphatic rings. The summed E-state index contributed by atoms with van der Waals surface area (Å²) in [7, 11) is 1.97. The van der Waals surface area contributed by atoms with Gasteiger partial charge in [0, 0.05) is 19.8 Å². The molecule has 0 saturated carbocycles. The number of aryl methyl sites for hydroxylation is 2. The van der Waals surface area contributed by atoms with Crippen LogP contribution in [0, 0.1) is 13.8 Å². The van der Waals surface area contributed by atoms with E-state index < -0.39 is 0 Å². The van der Waals surface area contributed by atoms with Crippen LogP contribution in [0.15, 0.2) is 27.3 Å². The first kappa shape index (κ1) is 11.9. The van der Waals surface area contributed by atoms with Crippen LogP contribution in [0.4, 0.5) is 0 Å². The van der Waals surface area contributed by atoms with Crippen LogP contribution in [0.5, 0.6) is 0 Å². The Morgan fingerprint density at radius 3 is 2.56 bits per heavy atom. The Balaban J connectivity index is 2.40. The van der Waals surface area contributed by atoms with Crippen molar-refractivity contribution >= 4 is 27.3 Å². The van der Waals surface area contributed by atoms with Gasteiger partial charge in [-0.2, -0.15) is 0 Å². The maximum atomic E-state index is 5.36. The maximum Gasteiger partial charge on any atom is 0.101 e. The summed E-state index contributed by atoms with van der Waals surface area (Å²) in [5.74, 6) is 0.944. The number of furan rings is 1. The van der Waals surface area contributed by atoms with Crippen LogP contribution in [0.1, 0.15) is 27.1 Å². The maximum absolute atomic E-state index is 5.36. The van der Waals surface area contributed by atoms with E-state index in [0.717, 1.165) is 10.2 Å². The molecule has 2 rings (SSSR count). The first-order valence-corrected chi connectivity index (χ1v) is 6.71. The van der Waals surface area contributed by atoms with Gasteiger partial charge in [0.05, 0.1) is 12.3 Å². The van der Waals surface area contributed by atoms with E-state index in [4.69, 9.17) is 4.42 Å². The average molecular weight is 300 g/mol. The zero-order valence-electron chi connectivity index (χ0n) is 9.50. The van der Waals surface area contributed by atoms with Gasteiger partial charge in [0.15, 0.2) is 0 Å². The van der Waals surface area contributed by atoms with Gasteiger partial charge < -0.3 is 9.73 Å². The van der Waals surface area contributed by atoms with Crippen molar-refractivity contribution < 1.29 is 4.42 Å². The minimum absolute atomic E-state index is 0.200. The lowest BCUT2D eigenvalue weighted by Crippen LogP contribution is -2.16. The summed E-state index contributed by atoms with van der Waals surface area (Å²) in [5, 5.41) is 3.32. The lowest BCUT2D eigenvalue weighted by Gasteiger charge is -2.13. The van der Waals surface area contributed by atoms with Crippen LogP contribution in [-0.4, -0.2) is 7.05 Å². The van der Waals surface area contributed by atoms with Crippen LogP contribution >= 0.6 is 27.3 Å². The highest BCUT2D eigenvalue weighted by Gasteiger charge is 2.18. The van der Waals surface area contributed by atoms with Crippen molar-refractivity contribution in [3.8, 4) is 0 Å². The first-order chi connectivity index (χ1) is 7.61. The third-order valence-corrected chi connectivity index (χ3v) is 4.51. The lowest BCUT2D eigenvalue weighted by atomic mass is 10.1. The Morgan fingerprint density at radius 1 is 1.38 bits per heavy atom. The number of rotatable bonds is 3. The van der Waals surface area contributed by atoms with Gasteiger partial charge >= 0.3 is 0 Å². The Kier molecular flexibility index (Phi) is 3.52. The topological polar surface area (TPSA) is 25.2 Å². The fourth-order valence-corrected chi connectivity index (χ4v) is 3.78. The van der Waals surface area contributed by atoms with Crippen molar-refractivity contribution in [3.63, 3.8) is 0 Å². The van der Waals surface area contributed by atoms with Gasteiger partial charge in [-0.3, -0.25) is 0 Å². The molecule has 1 unspecified atom stereocenters. The summed E-state index contributed by atoms with van der Waals surface area (Å²) in [5.41, 5.74) is 1.17. The summed E-state index contributed by atoms with van der Waals surface area (Å²) >= 11 is 5.40. The van der Waals surface area contributed by atoms with Gasteiger partial charge in [0.25, 0.3) is 0 Å². The van der Waals surface area contributed by atoms with Crippen molar-refractivity contribution in [3.05, 3.63) is 43.9 Å². The molecule has 86 valence electrons. The molecule has 2 aromatic rings. The minimum atomic E-state index is 0.200. The first-order valence-electron chi connectivity index (χ1n) is 5.10. The predicted molar refractivity (Wildman–Crippen MR) is 71.1 cm³/mol. The molecule has 1 N–H and O–H groups in total. The molecule has 16 heavy (non-hydrogen) atoms. The van der Waals surface area contributed by atoms with Crippen LogP contribution in [0.25, 0.3) is 0 Å². The molecular formula is C12H14BrNOS. The molecule has 0 amide bonds. The average Bonchev–Trinajstić information content (AvgIpc) is 2.76. The second-order valence-electron chi connectivity index (χ2n) is 3.78. The predicted octanol–water partition coefficient (Wildman–Crippen LogP) is 4.03. The molecule has 4 heteroatoms. The molecule has 0 radical (unpaired) electrons. The zero-order chi connectivity index (χ0) is 11.7. The molecule has 0 bridgehead atoms. The largest absolute Gasteiger partial charge is 0.469 e. The highest BCUT2D eigenvalue weighted by atomic mass is 79.9. The van der Waals surface area contributed by atoms with Crippen molar-refractivity contribution in [1.82, 2.24) is 5.32 Å². The Bertz CT molecular complexity index is 489. The molecule has 2 nitrogen and oxygen atoms in total. The number of halogens is 1. The molecule has 0 spiro atoms. The van der Waals surface area contributed by atoms with E-state index in [1.165, 1.54) is 15.3 Å². The second-order valence-corrected chi connectivity index (χ2v) is 5.92. The zero-order valence-corrected chi connectivity index (χ0v) is 11.9. The van der Waals surface area contributed by atoms with Crippen molar-refractivity contribution in [2.24, 2.45) is 0 Å². The van der Waals surface area contributed by atoms with Crippen molar-refractivity contribution in [2.45, 2.75) is 19.9 Å². The van der Waals surface area contributed by atoms with E-state index in [-0.39, 0.29) is 6.04 Å². The molecular weight excluding hydrogens is 286 g/mol. The molecule has 0 fully saturated rings. The third-order valence-electron chi connectivity index (χ3n) is 2.47. The summed E-state index contributed by atoms with van der Waals surface area (Å²) in [6, 6.07) is 4.42. The lowest BCUT2D eigenvalue weighted by molar-refractivity contribution is 0.528. The van der Waals surface area contributed by atoms with E-state index in [1.54, 1.807) is 11.3 Å². The fourth-order valence-electron chi connectivity index (χ4n) is 1.76. The van der Waals surface area contributed by atoms with Gasteiger partial charge in [-0.05, 0) is 49.0 Å². The number of hydrogen-bond acceptors (Lipinski definition) is 3. The summed E-state index contributed by atoms with van der Waals surface area (Å²) < 4.78 is 6.53. The number of hydrogen-bond donors (Lipinski definition) is 1.